The highest BCUT2D eigenvalue weighted by Crippen LogP contribution is 2.20. The summed E-state index contributed by atoms with van der Waals surface area (Å²) in [5.74, 6) is -1.61. The van der Waals surface area contributed by atoms with Crippen LogP contribution in [-0.2, 0) is 13.1 Å². The van der Waals surface area contributed by atoms with Crippen LogP contribution < -0.4 is 0 Å². The lowest BCUT2D eigenvalue weighted by Gasteiger charge is -2.41. The Hall–Kier alpha value is -1.82. The maximum absolute atomic E-state index is 13.4. The van der Waals surface area contributed by atoms with Crippen LogP contribution >= 0.6 is 0 Å². The molecule has 0 bridgehead atoms. The van der Waals surface area contributed by atoms with Crippen LogP contribution in [0.4, 0.5) is 8.78 Å². The number of aliphatic hydroxyl groups is 1. The van der Waals surface area contributed by atoms with Crippen LogP contribution in [0.5, 0.6) is 0 Å². The molecule has 3 nitrogen and oxygen atoms in total. The Balaban J connectivity index is 1.65. The number of aliphatic hydroxyl groups excluding tert-OH is 1. The molecule has 1 aliphatic heterocycles. The lowest BCUT2D eigenvalue weighted by Crippen LogP contribution is -2.52. The van der Waals surface area contributed by atoms with Gasteiger partial charge in [-0.05, 0) is 42.2 Å². The van der Waals surface area contributed by atoms with Crippen molar-refractivity contribution < 1.29 is 13.9 Å². The van der Waals surface area contributed by atoms with E-state index in [9.17, 15) is 13.9 Å². The lowest BCUT2D eigenvalue weighted by atomic mass is 10.0. The van der Waals surface area contributed by atoms with E-state index in [-0.39, 0.29) is 12.6 Å². The van der Waals surface area contributed by atoms with E-state index in [4.69, 9.17) is 0 Å². The van der Waals surface area contributed by atoms with Crippen molar-refractivity contribution in [3.8, 4) is 0 Å². The molecule has 0 radical (unpaired) electrons. The summed E-state index contributed by atoms with van der Waals surface area (Å²) in [4.78, 5) is 4.67. The highest BCUT2D eigenvalue weighted by atomic mass is 19.2. The summed E-state index contributed by atoms with van der Waals surface area (Å²) >= 11 is 0. The Labute approximate surface area is 153 Å². The van der Waals surface area contributed by atoms with Crippen molar-refractivity contribution in [2.75, 3.05) is 26.2 Å². The van der Waals surface area contributed by atoms with E-state index in [1.54, 1.807) is 6.07 Å². The average molecular weight is 360 g/mol. The summed E-state index contributed by atoms with van der Waals surface area (Å²) in [6.07, 6.45) is 0.708. The third kappa shape index (κ3) is 4.67. The van der Waals surface area contributed by atoms with Crippen LogP contribution in [0.15, 0.2) is 42.5 Å². The summed E-state index contributed by atoms with van der Waals surface area (Å²) in [5.41, 5.74) is 3.36. The minimum absolute atomic E-state index is 0.147. The fourth-order valence-electron chi connectivity index (χ4n) is 3.63. The maximum atomic E-state index is 13.4. The van der Waals surface area contributed by atoms with Gasteiger partial charge in [-0.15, -0.1) is 0 Å². The van der Waals surface area contributed by atoms with Crippen LogP contribution in [-0.4, -0.2) is 47.2 Å². The van der Waals surface area contributed by atoms with Crippen molar-refractivity contribution in [1.29, 1.82) is 0 Å². The number of benzene rings is 2. The minimum atomic E-state index is -0.810. The molecule has 0 amide bonds. The molecule has 5 heteroatoms. The normalized spacial score (nSPS) is 19.0. The molecule has 140 valence electrons. The van der Waals surface area contributed by atoms with Crippen LogP contribution in [0.25, 0.3) is 0 Å². The van der Waals surface area contributed by atoms with Crippen LogP contribution in [0, 0.1) is 18.6 Å². The molecule has 2 aromatic rings. The Morgan fingerprint density at radius 3 is 2.58 bits per heavy atom. The molecular formula is C21H26F2N2O. The summed E-state index contributed by atoms with van der Waals surface area (Å²) in [6.45, 7) is 6.30. The van der Waals surface area contributed by atoms with Crippen LogP contribution in [0.2, 0.25) is 0 Å². The molecule has 1 atom stereocenters. The monoisotopic (exact) mass is 360 g/mol. The summed E-state index contributed by atoms with van der Waals surface area (Å²) in [5, 5.41) is 9.46. The van der Waals surface area contributed by atoms with Crippen molar-refractivity contribution in [2.45, 2.75) is 32.5 Å². The average Bonchev–Trinajstić information content (AvgIpc) is 2.62. The van der Waals surface area contributed by atoms with Gasteiger partial charge < -0.3 is 5.11 Å². The van der Waals surface area contributed by atoms with E-state index in [0.29, 0.717) is 13.0 Å². The van der Waals surface area contributed by atoms with E-state index in [0.717, 1.165) is 31.7 Å². The molecule has 1 saturated heterocycles. The molecule has 0 spiro atoms. The van der Waals surface area contributed by atoms with Gasteiger partial charge in [0.05, 0.1) is 0 Å². The van der Waals surface area contributed by atoms with Crippen molar-refractivity contribution in [2.24, 2.45) is 0 Å². The molecule has 1 aliphatic rings. The first-order valence-corrected chi connectivity index (χ1v) is 9.12. The molecule has 0 aliphatic carbocycles. The Kier molecular flexibility index (Phi) is 6.35. The topological polar surface area (TPSA) is 26.7 Å². The van der Waals surface area contributed by atoms with Gasteiger partial charge in [0.15, 0.2) is 11.6 Å². The Morgan fingerprint density at radius 2 is 1.85 bits per heavy atom. The zero-order chi connectivity index (χ0) is 18.5. The van der Waals surface area contributed by atoms with Crippen molar-refractivity contribution in [3.63, 3.8) is 0 Å². The number of rotatable bonds is 6. The van der Waals surface area contributed by atoms with Crippen molar-refractivity contribution in [1.82, 2.24) is 9.80 Å². The number of hydrogen-bond acceptors (Lipinski definition) is 3. The summed E-state index contributed by atoms with van der Waals surface area (Å²) < 4.78 is 26.5. The predicted octanol–water partition coefficient (Wildman–Crippen LogP) is 3.34. The fraction of sp³-hybridized carbons (Fsp3) is 0.429. The summed E-state index contributed by atoms with van der Waals surface area (Å²) in [7, 11) is 0. The SMILES string of the molecule is Cc1ccccc1CN1CCN(Cc2ccc(F)c(F)c2)C[C@H]1CCO. The van der Waals surface area contributed by atoms with Gasteiger partial charge >= 0.3 is 0 Å². The van der Waals surface area contributed by atoms with Gasteiger partial charge in [-0.1, -0.05) is 30.3 Å². The van der Waals surface area contributed by atoms with Crippen molar-refractivity contribution >= 4 is 0 Å². The molecule has 2 aromatic carbocycles. The molecular weight excluding hydrogens is 334 g/mol. The van der Waals surface area contributed by atoms with E-state index in [1.807, 2.05) is 6.07 Å². The minimum Gasteiger partial charge on any atom is -0.396 e. The number of halogens is 2. The van der Waals surface area contributed by atoms with Gasteiger partial charge in [-0.3, -0.25) is 9.80 Å². The second kappa shape index (κ2) is 8.71. The smallest absolute Gasteiger partial charge is 0.159 e. The zero-order valence-corrected chi connectivity index (χ0v) is 15.2. The van der Waals surface area contributed by atoms with Crippen LogP contribution in [0.3, 0.4) is 0 Å². The molecule has 1 heterocycles. The van der Waals surface area contributed by atoms with E-state index >= 15 is 0 Å². The first kappa shape index (κ1) is 19.0. The van der Waals surface area contributed by atoms with Crippen molar-refractivity contribution in [3.05, 3.63) is 70.8 Å². The van der Waals surface area contributed by atoms with Gasteiger partial charge in [0.25, 0.3) is 0 Å². The lowest BCUT2D eigenvalue weighted by molar-refractivity contribution is 0.0498. The van der Waals surface area contributed by atoms with Gasteiger partial charge in [0.2, 0.25) is 0 Å². The standard InChI is InChI=1S/C21H26F2N2O/c1-16-4-2-3-5-18(16)14-25-10-9-24(15-19(25)8-11-26)13-17-6-7-20(22)21(23)12-17/h2-7,12,19,26H,8-11,13-15H2,1H3/t19-/m1/s1. The quantitative estimate of drug-likeness (QED) is 0.856. The highest BCUT2D eigenvalue weighted by Gasteiger charge is 2.27. The number of piperazine rings is 1. The largest absolute Gasteiger partial charge is 0.396 e. The first-order chi connectivity index (χ1) is 12.6. The molecule has 0 saturated carbocycles. The first-order valence-electron chi connectivity index (χ1n) is 9.12. The number of nitrogens with zero attached hydrogens (tertiary/aromatic N) is 2. The Morgan fingerprint density at radius 1 is 1.04 bits per heavy atom. The maximum Gasteiger partial charge on any atom is 0.159 e. The molecule has 0 unspecified atom stereocenters. The number of hydrogen-bond donors (Lipinski definition) is 1. The van der Waals surface area contributed by atoms with Crippen LogP contribution in [0.1, 0.15) is 23.1 Å². The molecule has 3 rings (SSSR count). The van der Waals surface area contributed by atoms with Gasteiger partial charge in [-0.2, -0.15) is 0 Å². The van der Waals surface area contributed by atoms with Gasteiger partial charge in [0.1, 0.15) is 0 Å². The zero-order valence-electron chi connectivity index (χ0n) is 15.2. The fourth-order valence-corrected chi connectivity index (χ4v) is 3.63. The second-order valence-electron chi connectivity index (χ2n) is 7.05. The molecule has 1 N–H and O–H groups in total. The highest BCUT2D eigenvalue weighted by molar-refractivity contribution is 5.25. The number of aryl methyl sites for hydroxylation is 1. The van der Waals surface area contributed by atoms with Gasteiger partial charge in [-0.25, -0.2) is 8.78 Å². The predicted molar refractivity (Wildman–Crippen MR) is 98.7 cm³/mol. The summed E-state index contributed by atoms with van der Waals surface area (Å²) in [6, 6.07) is 12.7. The third-order valence-corrected chi connectivity index (χ3v) is 5.18. The van der Waals surface area contributed by atoms with E-state index < -0.39 is 11.6 Å². The Bertz CT molecular complexity index is 738. The molecule has 1 fully saturated rings. The van der Waals surface area contributed by atoms with Gasteiger partial charge in [0, 0.05) is 45.4 Å². The second-order valence-corrected chi connectivity index (χ2v) is 7.05. The molecule has 26 heavy (non-hydrogen) atoms. The van der Waals surface area contributed by atoms with E-state index in [1.165, 1.54) is 23.3 Å². The molecule has 0 aromatic heterocycles. The van der Waals surface area contributed by atoms with E-state index in [2.05, 4.69) is 34.9 Å². The third-order valence-electron chi connectivity index (χ3n) is 5.18.